The second kappa shape index (κ2) is 6.02. The van der Waals surface area contributed by atoms with E-state index in [1.807, 2.05) is 30.8 Å². The van der Waals surface area contributed by atoms with Gasteiger partial charge < -0.3 is 9.67 Å². The van der Waals surface area contributed by atoms with Crippen molar-refractivity contribution in [2.45, 2.75) is 52.8 Å². The van der Waals surface area contributed by atoms with Gasteiger partial charge in [0.1, 0.15) is 11.9 Å². The van der Waals surface area contributed by atoms with Gasteiger partial charge in [-0.05, 0) is 26.3 Å². The quantitative estimate of drug-likeness (QED) is 0.867. The normalized spacial score (nSPS) is 12.8. The Hall–Kier alpha value is -1.62. The van der Waals surface area contributed by atoms with Crippen LogP contribution in [-0.2, 0) is 19.5 Å². The molecule has 1 atom stereocenters. The summed E-state index contributed by atoms with van der Waals surface area (Å²) in [6, 6.07) is 1.95. The Morgan fingerprint density at radius 1 is 1.37 bits per heavy atom. The highest BCUT2D eigenvalue weighted by Gasteiger charge is 2.17. The van der Waals surface area contributed by atoms with Crippen molar-refractivity contribution in [3.05, 3.63) is 35.7 Å². The van der Waals surface area contributed by atoms with Gasteiger partial charge in [-0.1, -0.05) is 6.92 Å². The van der Waals surface area contributed by atoms with Crippen LogP contribution in [0.2, 0.25) is 0 Å². The van der Waals surface area contributed by atoms with Gasteiger partial charge in [0.2, 0.25) is 0 Å². The molecule has 0 saturated carbocycles. The highest BCUT2D eigenvalue weighted by molar-refractivity contribution is 5.13. The molecule has 0 aromatic carbocycles. The van der Waals surface area contributed by atoms with Crippen molar-refractivity contribution < 1.29 is 5.11 Å². The average Bonchev–Trinajstić information content (AvgIpc) is 2.97. The zero-order valence-corrected chi connectivity index (χ0v) is 11.9. The van der Waals surface area contributed by atoms with E-state index in [1.54, 1.807) is 6.20 Å². The van der Waals surface area contributed by atoms with E-state index in [-0.39, 0.29) is 0 Å². The number of imidazole rings is 1. The SMILES string of the molecule is CCCn1ccnc1CC(O)c1cc(C)nn1CC. The molecule has 0 bridgehead atoms. The second-order valence-electron chi connectivity index (χ2n) is 4.78. The van der Waals surface area contributed by atoms with E-state index in [4.69, 9.17) is 0 Å². The fourth-order valence-electron chi connectivity index (χ4n) is 2.34. The third-order valence-corrected chi connectivity index (χ3v) is 3.22. The lowest BCUT2D eigenvalue weighted by molar-refractivity contribution is 0.163. The van der Waals surface area contributed by atoms with Gasteiger partial charge in [0.25, 0.3) is 0 Å². The molecule has 0 fully saturated rings. The first kappa shape index (κ1) is 13.8. The molecule has 5 heteroatoms. The number of aliphatic hydroxyl groups excluding tert-OH is 1. The smallest absolute Gasteiger partial charge is 0.111 e. The minimum absolute atomic E-state index is 0.526. The Kier molecular flexibility index (Phi) is 4.37. The molecule has 2 aromatic heterocycles. The van der Waals surface area contributed by atoms with Gasteiger partial charge in [0.15, 0.2) is 0 Å². The predicted octanol–water partition coefficient (Wildman–Crippen LogP) is 2.09. The van der Waals surface area contributed by atoms with Gasteiger partial charge in [-0.15, -0.1) is 0 Å². The molecule has 2 aromatic rings. The Labute approximate surface area is 113 Å². The number of aryl methyl sites for hydroxylation is 3. The molecule has 1 unspecified atom stereocenters. The lowest BCUT2D eigenvalue weighted by Gasteiger charge is -2.13. The number of aromatic nitrogens is 4. The number of nitrogens with zero attached hydrogens (tertiary/aromatic N) is 4. The van der Waals surface area contributed by atoms with Crippen LogP contribution in [0.1, 0.15) is 43.6 Å². The van der Waals surface area contributed by atoms with E-state index < -0.39 is 6.10 Å². The van der Waals surface area contributed by atoms with Gasteiger partial charge in [-0.25, -0.2) is 4.98 Å². The van der Waals surface area contributed by atoms with E-state index >= 15 is 0 Å². The Bertz CT molecular complexity index is 529. The van der Waals surface area contributed by atoms with Crippen LogP contribution in [0.5, 0.6) is 0 Å². The van der Waals surface area contributed by atoms with E-state index in [9.17, 15) is 5.11 Å². The molecule has 0 aliphatic heterocycles. The van der Waals surface area contributed by atoms with Crippen molar-refractivity contribution in [1.29, 1.82) is 0 Å². The second-order valence-corrected chi connectivity index (χ2v) is 4.78. The molecule has 0 spiro atoms. The predicted molar refractivity (Wildman–Crippen MR) is 73.8 cm³/mol. The average molecular weight is 262 g/mol. The van der Waals surface area contributed by atoms with Crippen molar-refractivity contribution >= 4 is 0 Å². The van der Waals surface area contributed by atoms with Crippen LogP contribution >= 0.6 is 0 Å². The fourth-order valence-corrected chi connectivity index (χ4v) is 2.34. The molecule has 2 rings (SSSR count). The maximum absolute atomic E-state index is 10.4. The van der Waals surface area contributed by atoms with Crippen molar-refractivity contribution in [2.75, 3.05) is 0 Å². The molecule has 5 nitrogen and oxygen atoms in total. The molecule has 0 aliphatic carbocycles. The zero-order valence-electron chi connectivity index (χ0n) is 11.9. The molecule has 19 heavy (non-hydrogen) atoms. The van der Waals surface area contributed by atoms with E-state index in [1.165, 1.54) is 0 Å². The number of hydrogen-bond donors (Lipinski definition) is 1. The summed E-state index contributed by atoms with van der Waals surface area (Å²) < 4.78 is 3.95. The van der Waals surface area contributed by atoms with Crippen molar-refractivity contribution in [1.82, 2.24) is 19.3 Å². The highest BCUT2D eigenvalue weighted by Crippen LogP contribution is 2.19. The topological polar surface area (TPSA) is 55.9 Å². The van der Waals surface area contributed by atoms with Crippen molar-refractivity contribution in [3.63, 3.8) is 0 Å². The van der Waals surface area contributed by atoms with Crippen LogP contribution in [0.4, 0.5) is 0 Å². The molecule has 1 N–H and O–H groups in total. The molecule has 0 amide bonds. The molecule has 0 aliphatic rings. The van der Waals surface area contributed by atoms with Crippen LogP contribution in [0.25, 0.3) is 0 Å². The van der Waals surface area contributed by atoms with Crippen LogP contribution in [-0.4, -0.2) is 24.4 Å². The monoisotopic (exact) mass is 262 g/mol. The minimum atomic E-state index is -0.556. The van der Waals surface area contributed by atoms with Gasteiger partial charge in [-0.2, -0.15) is 5.10 Å². The van der Waals surface area contributed by atoms with Gasteiger partial charge in [-0.3, -0.25) is 4.68 Å². The lowest BCUT2D eigenvalue weighted by atomic mass is 10.1. The Morgan fingerprint density at radius 2 is 2.16 bits per heavy atom. The van der Waals surface area contributed by atoms with Gasteiger partial charge >= 0.3 is 0 Å². The summed E-state index contributed by atoms with van der Waals surface area (Å²) in [5, 5.41) is 14.8. The molecular weight excluding hydrogens is 240 g/mol. The third kappa shape index (κ3) is 3.04. The zero-order chi connectivity index (χ0) is 13.8. The van der Waals surface area contributed by atoms with Crippen molar-refractivity contribution in [2.24, 2.45) is 0 Å². The summed E-state index contributed by atoms with van der Waals surface area (Å²) in [5.74, 6) is 0.927. The number of hydrogen-bond acceptors (Lipinski definition) is 3. The van der Waals surface area contributed by atoms with Gasteiger partial charge in [0.05, 0.1) is 11.4 Å². The first-order valence-corrected chi connectivity index (χ1v) is 6.88. The summed E-state index contributed by atoms with van der Waals surface area (Å²) in [4.78, 5) is 4.34. The first-order valence-electron chi connectivity index (χ1n) is 6.88. The largest absolute Gasteiger partial charge is 0.386 e. The highest BCUT2D eigenvalue weighted by atomic mass is 16.3. The maximum atomic E-state index is 10.4. The van der Waals surface area contributed by atoms with Crippen molar-refractivity contribution in [3.8, 4) is 0 Å². The van der Waals surface area contributed by atoms with Crippen LogP contribution in [0, 0.1) is 6.92 Å². The fraction of sp³-hybridized carbons (Fsp3) is 0.571. The summed E-state index contributed by atoms with van der Waals surface area (Å²) in [6.45, 7) is 7.81. The van der Waals surface area contributed by atoms with E-state index in [0.717, 1.165) is 36.7 Å². The molecule has 0 radical (unpaired) electrons. The molecule has 0 saturated heterocycles. The third-order valence-electron chi connectivity index (χ3n) is 3.22. The van der Waals surface area contributed by atoms with Crippen LogP contribution in [0.15, 0.2) is 18.5 Å². The Morgan fingerprint density at radius 3 is 2.84 bits per heavy atom. The number of aliphatic hydroxyl groups is 1. The number of rotatable bonds is 6. The van der Waals surface area contributed by atoms with E-state index in [0.29, 0.717) is 6.42 Å². The standard InChI is InChI=1S/C14H22N4O/c1-4-7-17-8-6-15-14(17)10-13(19)12-9-11(3)16-18(12)5-2/h6,8-9,13,19H,4-5,7,10H2,1-3H3. The molecule has 104 valence electrons. The lowest BCUT2D eigenvalue weighted by Crippen LogP contribution is -2.13. The summed E-state index contributed by atoms with van der Waals surface area (Å²) in [6.07, 6.45) is 4.79. The van der Waals surface area contributed by atoms with E-state index in [2.05, 4.69) is 21.6 Å². The van der Waals surface area contributed by atoms with Gasteiger partial charge in [0, 0.05) is 31.9 Å². The molecule has 2 heterocycles. The minimum Gasteiger partial charge on any atom is -0.386 e. The maximum Gasteiger partial charge on any atom is 0.111 e. The van der Waals surface area contributed by atoms with Crippen LogP contribution in [0.3, 0.4) is 0 Å². The van der Waals surface area contributed by atoms with Crippen LogP contribution < -0.4 is 0 Å². The molecular formula is C14H22N4O. The Balaban J connectivity index is 2.15. The summed E-state index contributed by atoms with van der Waals surface area (Å²) in [5.41, 5.74) is 1.80. The summed E-state index contributed by atoms with van der Waals surface area (Å²) >= 11 is 0. The summed E-state index contributed by atoms with van der Waals surface area (Å²) in [7, 11) is 0. The first-order chi connectivity index (χ1) is 9.15.